The highest BCUT2D eigenvalue weighted by atomic mass is 16.6. The second-order valence-corrected chi connectivity index (χ2v) is 4.56. The van der Waals surface area contributed by atoms with Crippen LogP contribution in [0.15, 0.2) is 4.99 Å². The minimum absolute atomic E-state index is 0.190. The van der Waals surface area contributed by atoms with Crippen molar-refractivity contribution in [3.05, 3.63) is 0 Å². The molecule has 122 valence electrons. The molecular formula is C12H22N2O7. The van der Waals surface area contributed by atoms with Gasteiger partial charge >= 0.3 is 0 Å². The lowest BCUT2D eigenvalue weighted by molar-refractivity contribution is -0.253. The maximum Gasteiger partial charge on any atom is 0.220 e. The molecule has 1 saturated heterocycles. The summed E-state index contributed by atoms with van der Waals surface area (Å²) >= 11 is 0. The van der Waals surface area contributed by atoms with Crippen molar-refractivity contribution in [2.45, 2.75) is 44.0 Å². The van der Waals surface area contributed by atoms with E-state index in [2.05, 4.69) is 15.0 Å². The van der Waals surface area contributed by atoms with Gasteiger partial charge in [-0.1, -0.05) is 6.92 Å². The fraction of sp³-hybridized carbons (Fsp3) is 0.833. The SMILES string of the molecule is C1=NCCO1.CCC(=O)N[C@H]1C(O)O[C@H](CO)[C@@H](O)[C@@H]1O. The van der Waals surface area contributed by atoms with Crippen LogP contribution in [0.1, 0.15) is 13.3 Å². The van der Waals surface area contributed by atoms with Crippen molar-refractivity contribution in [3.63, 3.8) is 0 Å². The maximum atomic E-state index is 11.1. The Hall–Kier alpha value is -1.26. The fourth-order valence-corrected chi connectivity index (χ4v) is 1.80. The quantitative estimate of drug-likeness (QED) is 0.384. The van der Waals surface area contributed by atoms with Crippen molar-refractivity contribution in [2.75, 3.05) is 19.8 Å². The van der Waals surface area contributed by atoms with Crippen LogP contribution in [0, 0.1) is 0 Å². The predicted molar refractivity (Wildman–Crippen MR) is 71.5 cm³/mol. The van der Waals surface area contributed by atoms with E-state index in [-0.39, 0.29) is 12.3 Å². The molecule has 1 unspecified atom stereocenters. The number of carbonyl (C=O) groups excluding carboxylic acids is 1. The third-order valence-electron chi connectivity index (χ3n) is 3.04. The van der Waals surface area contributed by atoms with E-state index in [1.165, 1.54) is 6.40 Å². The van der Waals surface area contributed by atoms with Gasteiger partial charge in [0.05, 0.1) is 13.2 Å². The summed E-state index contributed by atoms with van der Waals surface area (Å²) < 4.78 is 9.51. The second-order valence-electron chi connectivity index (χ2n) is 4.56. The van der Waals surface area contributed by atoms with Crippen LogP contribution in [0.3, 0.4) is 0 Å². The molecule has 0 aromatic heterocycles. The zero-order valence-electron chi connectivity index (χ0n) is 11.8. The molecule has 9 nitrogen and oxygen atoms in total. The number of aliphatic hydroxyl groups excluding tert-OH is 4. The number of amides is 1. The van der Waals surface area contributed by atoms with Crippen LogP contribution in [-0.4, -0.2) is 83.1 Å². The van der Waals surface area contributed by atoms with E-state index in [1.54, 1.807) is 6.92 Å². The van der Waals surface area contributed by atoms with Crippen LogP contribution in [-0.2, 0) is 14.3 Å². The van der Waals surface area contributed by atoms with Crippen LogP contribution in [0.25, 0.3) is 0 Å². The standard InChI is InChI=1S/C9H17NO6.C3H5NO/c1-2-5(12)10-6-8(14)7(13)4(3-11)16-9(6)15;1-2-5-3-4-1/h4,6-9,11,13-15H,2-3H2,1H3,(H,10,12);3H,1-2H2/t4-,6-,7-,8-,9?;/m1./s1. The normalized spacial score (nSPS) is 34.6. The Labute approximate surface area is 122 Å². The molecule has 2 heterocycles. The van der Waals surface area contributed by atoms with Crippen LogP contribution < -0.4 is 5.32 Å². The molecule has 5 N–H and O–H groups in total. The third-order valence-corrected chi connectivity index (χ3v) is 3.04. The van der Waals surface area contributed by atoms with Gasteiger partial charge in [-0.2, -0.15) is 0 Å². The Morgan fingerprint density at radius 2 is 2.10 bits per heavy atom. The van der Waals surface area contributed by atoms with E-state index < -0.39 is 37.3 Å². The Morgan fingerprint density at radius 3 is 2.52 bits per heavy atom. The molecule has 1 fully saturated rings. The number of nitrogens with zero attached hydrogens (tertiary/aromatic N) is 1. The molecular weight excluding hydrogens is 284 g/mol. The number of hydrogen-bond donors (Lipinski definition) is 5. The highest BCUT2D eigenvalue weighted by Crippen LogP contribution is 2.19. The number of aliphatic hydroxyl groups is 4. The molecule has 5 atom stereocenters. The van der Waals surface area contributed by atoms with Crippen molar-refractivity contribution in [3.8, 4) is 0 Å². The number of ether oxygens (including phenoxy) is 2. The van der Waals surface area contributed by atoms with Crippen molar-refractivity contribution in [1.82, 2.24) is 5.32 Å². The van der Waals surface area contributed by atoms with Crippen molar-refractivity contribution in [1.29, 1.82) is 0 Å². The number of aliphatic imine (C=N–C) groups is 1. The average Bonchev–Trinajstić information content (AvgIpc) is 3.06. The fourth-order valence-electron chi connectivity index (χ4n) is 1.80. The number of hydrogen-bond acceptors (Lipinski definition) is 8. The molecule has 21 heavy (non-hydrogen) atoms. The molecule has 0 bridgehead atoms. The first-order valence-electron chi connectivity index (χ1n) is 6.71. The average molecular weight is 306 g/mol. The molecule has 2 aliphatic heterocycles. The highest BCUT2D eigenvalue weighted by molar-refractivity contribution is 5.76. The second kappa shape index (κ2) is 8.90. The van der Waals surface area contributed by atoms with E-state index in [9.17, 15) is 20.1 Å². The molecule has 0 aromatic carbocycles. The van der Waals surface area contributed by atoms with Crippen LogP contribution in [0.2, 0.25) is 0 Å². The van der Waals surface area contributed by atoms with Crippen LogP contribution in [0.4, 0.5) is 0 Å². The lowest BCUT2D eigenvalue weighted by Crippen LogP contribution is -2.64. The lowest BCUT2D eigenvalue weighted by atomic mass is 9.97. The van der Waals surface area contributed by atoms with E-state index in [4.69, 9.17) is 9.84 Å². The number of nitrogens with one attached hydrogen (secondary N) is 1. The van der Waals surface area contributed by atoms with Gasteiger partial charge in [0.25, 0.3) is 0 Å². The van der Waals surface area contributed by atoms with Crippen LogP contribution >= 0.6 is 0 Å². The molecule has 0 spiro atoms. The molecule has 9 heteroatoms. The molecule has 0 saturated carbocycles. The lowest BCUT2D eigenvalue weighted by Gasteiger charge is -2.40. The summed E-state index contributed by atoms with van der Waals surface area (Å²) in [5.74, 6) is -0.374. The first-order chi connectivity index (χ1) is 10.0. The van der Waals surface area contributed by atoms with E-state index >= 15 is 0 Å². The van der Waals surface area contributed by atoms with E-state index in [0.717, 1.165) is 13.2 Å². The van der Waals surface area contributed by atoms with Crippen molar-refractivity contribution < 1.29 is 34.7 Å². The Bertz CT molecular complexity index is 346. The number of carbonyl (C=O) groups is 1. The summed E-state index contributed by atoms with van der Waals surface area (Å²) in [7, 11) is 0. The summed E-state index contributed by atoms with van der Waals surface area (Å²) in [4.78, 5) is 14.8. The summed E-state index contributed by atoms with van der Waals surface area (Å²) in [6, 6.07) is -1.09. The van der Waals surface area contributed by atoms with Gasteiger partial charge in [-0.3, -0.25) is 9.79 Å². The van der Waals surface area contributed by atoms with Gasteiger partial charge in [-0.05, 0) is 0 Å². The van der Waals surface area contributed by atoms with Crippen molar-refractivity contribution in [2.24, 2.45) is 4.99 Å². The van der Waals surface area contributed by atoms with Gasteiger partial charge in [-0.15, -0.1) is 0 Å². The molecule has 0 aliphatic carbocycles. The zero-order valence-corrected chi connectivity index (χ0v) is 11.8. The van der Waals surface area contributed by atoms with Gasteiger partial charge in [0.1, 0.15) is 31.0 Å². The van der Waals surface area contributed by atoms with E-state index in [0.29, 0.717) is 0 Å². The number of rotatable bonds is 3. The summed E-state index contributed by atoms with van der Waals surface area (Å²) in [6.07, 6.45) is -3.56. The first-order valence-corrected chi connectivity index (χ1v) is 6.71. The van der Waals surface area contributed by atoms with Gasteiger partial charge in [0.2, 0.25) is 5.91 Å². The predicted octanol–water partition coefficient (Wildman–Crippen LogP) is -2.64. The zero-order chi connectivity index (χ0) is 15.8. The molecule has 0 aromatic rings. The van der Waals surface area contributed by atoms with Crippen molar-refractivity contribution >= 4 is 12.3 Å². The Morgan fingerprint density at radius 1 is 1.38 bits per heavy atom. The highest BCUT2D eigenvalue weighted by Gasteiger charge is 2.44. The molecule has 2 aliphatic rings. The minimum Gasteiger partial charge on any atom is -0.482 e. The van der Waals surface area contributed by atoms with Gasteiger partial charge in [0, 0.05) is 6.42 Å². The molecule has 0 radical (unpaired) electrons. The Balaban J connectivity index is 0.000000369. The largest absolute Gasteiger partial charge is 0.482 e. The van der Waals surface area contributed by atoms with Crippen LogP contribution in [0.5, 0.6) is 0 Å². The van der Waals surface area contributed by atoms with Gasteiger partial charge in [-0.25, -0.2) is 0 Å². The maximum absolute atomic E-state index is 11.1. The molecule has 2 rings (SSSR count). The molecule has 1 amide bonds. The summed E-state index contributed by atoms with van der Waals surface area (Å²) in [5, 5.41) is 39.8. The monoisotopic (exact) mass is 306 g/mol. The van der Waals surface area contributed by atoms with Gasteiger partial charge < -0.3 is 35.2 Å². The topological polar surface area (TPSA) is 141 Å². The van der Waals surface area contributed by atoms with Gasteiger partial charge in [0.15, 0.2) is 12.7 Å². The summed E-state index contributed by atoms with van der Waals surface area (Å²) in [6.45, 7) is 2.72. The smallest absolute Gasteiger partial charge is 0.220 e. The third kappa shape index (κ3) is 5.21. The summed E-state index contributed by atoms with van der Waals surface area (Å²) in [5.41, 5.74) is 0. The minimum atomic E-state index is -1.45. The van der Waals surface area contributed by atoms with E-state index in [1.807, 2.05) is 0 Å². The Kier molecular flexibility index (Phi) is 7.54. The first kappa shape index (κ1) is 17.8.